The van der Waals surface area contributed by atoms with E-state index in [2.05, 4.69) is 40.5 Å². The number of hydrogen-bond acceptors (Lipinski definition) is 2. The molecule has 0 N–H and O–H groups in total. The molecule has 3 heteroatoms. The second-order valence-corrected chi connectivity index (χ2v) is 10.5. The van der Waals surface area contributed by atoms with E-state index >= 15 is 0 Å². The Kier molecular flexibility index (Phi) is 3.62. The summed E-state index contributed by atoms with van der Waals surface area (Å²) in [4.78, 5) is 10.6. The molecule has 1 aliphatic heterocycles. The van der Waals surface area contributed by atoms with Crippen LogP contribution in [0, 0.1) is 0 Å². The summed E-state index contributed by atoms with van der Waals surface area (Å²) >= 11 is 0. The number of hydrogen-bond donors (Lipinski definition) is 0. The lowest BCUT2D eigenvalue weighted by molar-refractivity contribution is 0.0850. The third-order valence-corrected chi connectivity index (χ3v) is 10.2. The second-order valence-electron chi connectivity index (χ2n) is 5.36. The molecule has 0 aromatic rings. The average Bonchev–Trinajstić information content (AvgIpc) is 2.96. The van der Waals surface area contributed by atoms with Crippen LogP contribution in [0.2, 0.25) is 17.1 Å². The molecule has 0 amide bonds. The summed E-state index contributed by atoms with van der Waals surface area (Å²) in [6.45, 7) is 18.3. The number of allylic oxidation sites excluding steroid dienone is 2. The topological polar surface area (TPSA) is 25.1 Å². The van der Waals surface area contributed by atoms with Gasteiger partial charge in [-0.1, -0.05) is 39.5 Å². The first-order chi connectivity index (χ1) is 7.39. The lowest BCUT2D eigenvalue weighted by Crippen LogP contribution is -2.55. The highest BCUT2D eigenvalue weighted by molar-refractivity contribution is 6.86. The van der Waals surface area contributed by atoms with Gasteiger partial charge in [0.2, 0.25) is 5.41 Å². The van der Waals surface area contributed by atoms with Crippen LogP contribution in [0.25, 0.3) is 0 Å². The standard InChI is InChI=1S/C13H22O2Si/c1-7-10-16(11-8-2,12(4,5)6)13(9-3)14-15-13/h7-9H,1-3,10-11H2,4-6H3. The molecular formula is C13H22O2Si. The normalized spacial score (nSPS) is 18.9. The molecule has 0 spiro atoms. The van der Waals surface area contributed by atoms with E-state index in [-0.39, 0.29) is 5.04 Å². The minimum Gasteiger partial charge on any atom is -0.195 e. The van der Waals surface area contributed by atoms with E-state index in [1.165, 1.54) is 0 Å². The SMILES string of the molecule is C=CC[Si](CC=C)(C(C)(C)C)C1(C=C)OO1. The maximum absolute atomic E-state index is 5.29. The Balaban J connectivity index is 3.21. The quantitative estimate of drug-likeness (QED) is 0.302. The Bertz CT molecular complexity index is 288. The first kappa shape index (κ1) is 13.4. The average molecular weight is 238 g/mol. The van der Waals surface area contributed by atoms with Crippen LogP contribution in [0.1, 0.15) is 20.8 Å². The molecule has 0 aromatic carbocycles. The van der Waals surface area contributed by atoms with Crippen molar-refractivity contribution >= 4 is 8.07 Å². The molecule has 16 heavy (non-hydrogen) atoms. The minimum absolute atomic E-state index is 0.139. The molecule has 1 aliphatic rings. The van der Waals surface area contributed by atoms with E-state index < -0.39 is 13.5 Å². The van der Waals surface area contributed by atoms with E-state index in [0.717, 1.165) is 12.1 Å². The smallest absolute Gasteiger partial charge is 0.195 e. The van der Waals surface area contributed by atoms with Crippen LogP contribution in [0.15, 0.2) is 38.0 Å². The highest BCUT2D eigenvalue weighted by atomic mass is 28.3. The van der Waals surface area contributed by atoms with Crippen molar-refractivity contribution in [3.8, 4) is 0 Å². The molecule has 0 unspecified atom stereocenters. The summed E-state index contributed by atoms with van der Waals surface area (Å²) < 4.78 is 0. The van der Waals surface area contributed by atoms with Gasteiger partial charge in [-0.3, -0.25) is 0 Å². The van der Waals surface area contributed by atoms with Crippen LogP contribution in [0.3, 0.4) is 0 Å². The molecule has 90 valence electrons. The van der Waals surface area contributed by atoms with E-state index in [9.17, 15) is 0 Å². The van der Waals surface area contributed by atoms with Crippen LogP contribution in [0.5, 0.6) is 0 Å². The first-order valence-electron chi connectivity index (χ1n) is 5.61. The Morgan fingerprint density at radius 2 is 1.50 bits per heavy atom. The molecule has 0 aromatic heterocycles. The van der Waals surface area contributed by atoms with Crippen molar-refractivity contribution in [2.24, 2.45) is 0 Å². The highest BCUT2D eigenvalue weighted by Gasteiger charge is 2.68. The monoisotopic (exact) mass is 238 g/mol. The number of rotatable bonds is 6. The zero-order chi connectivity index (χ0) is 12.4. The minimum atomic E-state index is -1.91. The van der Waals surface area contributed by atoms with Gasteiger partial charge in [0, 0.05) is 0 Å². The van der Waals surface area contributed by atoms with Crippen molar-refractivity contribution in [2.45, 2.75) is 43.3 Å². The Morgan fingerprint density at radius 3 is 1.69 bits per heavy atom. The molecule has 2 nitrogen and oxygen atoms in total. The summed E-state index contributed by atoms with van der Waals surface area (Å²) in [6, 6.07) is 1.88. The van der Waals surface area contributed by atoms with Crippen molar-refractivity contribution in [2.75, 3.05) is 0 Å². The fourth-order valence-corrected chi connectivity index (χ4v) is 7.21. The zero-order valence-electron chi connectivity index (χ0n) is 10.6. The summed E-state index contributed by atoms with van der Waals surface area (Å²) in [5, 5.41) is 0.139. The maximum Gasteiger partial charge on any atom is 0.235 e. The van der Waals surface area contributed by atoms with E-state index in [1.54, 1.807) is 6.08 Å². The fraction of sp³-hybridized carbons (Fsp3) is 0.538. The largest absolute Gasteiger partial charge is 0.235 e. The van der Waals surface area contributed by atoms with Gasteiger partial charge >= 0.3 is 0 Å². The van der Waals surface area contributed by atoms with Crippen molar-refractivity contribution in [3.63, 3.8) is 0 Å². The molecule has 0 bridgehead atoms. The molecule has 1 rings (SSSR count). The first-order valence-corrected chi connectivity index (χ1v) is 8.03. The predicted molar refractivity (Wildman–Crippen MR) is 70.6 cm³/mol. The summed E-state index contributed by atoms with van der Waals surface area (Å²) in [5.74, 6) is 0. The summed E-state index contributed by atoms with van der Waals surface area (Å²) in [5.41, 5.74) is -0.548. The van der Waals surface area contributed by atoms with E-state index in [1.807, 2.05) is 12.2 Å². The van der Waals surface area contributed by atoms with E-state index in [0.29, 0.717) is 0 Å². The molecule has 0 atom stereocenters. The van der Waals surface area contributed by atoms with Gasteiger partial charge < -0.3 is 0 Å². The molecule has 0 radical (unpaired) electrons. The van der Waals surface area contributed by atoms with Crippen LogP contribution < -0.4 is 0 Å². The molecule has 0 aliphatic carbocycles. The van der Waals surface area contributed by atoms with E-state index in [4.69, 9.17) is 9.78 Å². The fourth-order valence-electron chi connectivity index (χ4n) is 2.46. The predicted octanol–water partition coefficient (Wildman–Crippen LogP) is 3.99. The highest BCUT2D eigenvalue weighted by Crippen LogP contribution is 2.56. The molecule has 1 heterocycles. The molecule has 1 fully saturated rings. The molecule has 1 saturated heterocycles. The van der Waals surface area contributed by atoms with Crippen molar-refractivity contribution in [1.82, 2.24) is 0 Å². The van der Waals surface area contributed by atoms with Gasteiger partial charge in [0.15, 0.2) is 8.07 Å². The maximum atomic E-state index is 5.29. The van der Waals surface area contributed by atoms with Gasteiger partial charge in [-0.25, -0.2) is 0 Å². The second kappa shape index (κ2) is 4.32. The van der Waals surface area contributed by atoms with Gasteiger partial charge in [-0.05, 0) is 23.2 Å². The lowest BCUT2D eigenvalue weighted by atomic mass is 10.2. The Hall–Kier alpha value is -0.643. The third-order valence-electron chi connectivity index (χ3n) is 3.62. The van der Waals surface area contributed by atoms with Gasteiger partial charge in [0.1, 0.15) is 0 Å². The summed E-state index contributed by atoms with van der Waals surface area (Å²) in [6.07, 6.45) is 5.74. The lowest BCUT2D eigenvalue weighted by Gasteiger charge is -2.42. The third kappa shape index (κ3) is 1.83. The Labute approximate surface area is 99.6 Å². The van der Waals surface area contributed by atoms with Crippen LogP contribution in [-0.2, 0) is 9.78 Å². The van der Waals surface area contributed by atoms with Gasteiger partial charge in [-0.2, -0.15) is 9.78 Å². The van der Waals surface area contributed by atoms with Crippen molar-refractivity contribution in [3.05, 3.63) is 38.0 Å². The summed E-state index contributed by atoms with van der Waals surface area (Å²) in [7, 11) is -1.91. The van der Waals surface area contributed by atoms with Crippen molar-refractivity contribution in [1.29, 1.82) is 0 Å². The molecule has 0 saturated carbocycles. The van der Waals surface area contributed by atoms with Crippen LogP contribution >= 0.6 is 0 Å². The van der Waals surface area contributed by atoms with Gasteiger partial charge in [0.25, 0.3) is 0 Å². The zero-order valence-corrected chi connectivity index (χ0v) is 11.6. The van der Waals surface area contributed by atoms with Crippen LogP contribution in [0.4, 0.5) is 0 Å². The van der Waals surface area contributed by atoms with Crippen molar-refractivity contribution < 1.29 is 9.78 Å². The van der Waals surface area contributed by atoms with Gasteiger partial charge in [-0.15, -0.1) is 13.2 Å². The Morgan fingerprint density at radius 1 is 1.06 bits per heavy atom. The van der Waals surface area contributed by atoms with Crippen LogP contribution in [-0.4, -0.2) is 13.5 Å². The van der Waals surface area contributed by atoms with Gasteiger partial charge in [0.05, 0.1) is 0 Å². The molecular weight excluding hydrogens is 216 g/mol.